The number of rotatable bonds is 2. The van der Waals surface area contributed by atoms with Crippen LogP contribution in [0.25, 0.3) is 0 Å². The van der Waals surface area contributed by atoms with Crippen molar-refractivity contribution in [1.82, 2.24) is 15.2 Å². The summed E-state index contributed by atoms with van der Waals surface area (Å²) in [6.45, 7) is 1.66. The molecule has 1 aromatic carbocycles. The van der Waals surface area contributed by atoms with Gasteiger partial charge in [-0.05, 0) is 19.1 Å². The number of carbonyl (C=O) groups is 1. The van der Waals surface area contributed by atoms with Crippen LogP contribution in [0.5, 0.6) is 0 Å². The summed E-state index contributed by atoms with van der Waals surface area (Å²) in [6, 6.07) is 2.50. The second-order valence-corrected chi connectivity index (χ2v) is 4.27. The molecule has 0 unspecified atom stereocenters. The number of hydrogen-bond donors (Lipinski definition) is 2. The van der Waals surface area contributed by atoms with Gasteiger partial charge >= 0.3 is 0 Å². The summed E-state index contributed by atoms with van der Waals surface area (Å²) in [5.74, 6) is -0.789. The van der Waals surface area contributed by atoms with E-state index in [1.807, 2.05) is 0 Å². The van der Waals surface area contributed by atoms with Crippen molar-refractivity contribution in [3.05, 3.63) is 39.6 Å². The van der Waals surface area contributed by atoms with Gasteiger partial charge in [-0.3, -0.25) is 9.89 Å². The zero-order valence-corrected chi connectivity index (χ0v) is 10.6. The van der Waals surface area contributed by atoms with E-state index in [9.17, 15) is 9.18 Å². The van der Waals surface area contributed by atoms with Gasteiger partial charge in [0, 0.05) is 5.69 Å². The van der Waals surface area contributed by atoms with E-state index in [1.54, 1.807) is 6.92 Å². The normalized spacial score (nSPS) is 10.4. The van der Waals surface area contributed by atoms with Crippen molar-refractivity contribution in [2.75, 3.05) is 5.32 Å². The average molecular weight is 289 g/mol. The first-order valence-electron chi connectivity index (χ1n) is 4.82. The van der Waals surface area contributed by atoms with Crippen LogP contribution >= 0.6 is 23.2 Å². The molecule has 0 aliphatic heterocycles. The number of halogens is 3. The molecule has 1 amide bonds. The number of nitrogens with one attached hydrogen (secondary N) is 2. The fourth-order valence-corrected chi connectivity index (χ4v) is 1.75. The third-order valence-corrected chi connectivity index (χ3v) is 2.59. The quantitative estimate of drug-likeness (QED) is 0.835. The van der Waals surface area contributed by atoms with Crippen molar-refractivity contribution in [1.29, 1.82) is 0 Å². The van der Waals surface area contributed by atoms with Crippen LogP contribution in [-0.2, 0) is 0 Å². The summed E-state index contributed by atoms with van der Waals surface area (Å²) in [7, 11) is 0. The van der Waals surface area contributed by atoms with Crippen LogP contribution in [0.15, 0.2) is 12.1 Å². The molecule has 1 heterocycles. The lowest BCUT2D eigenvalue weighted by Crippen LogP contribution is -2.14. The van der Waals surface area contributed by atoms with E-state index in [0.29, 0.717) is 5.82 Å². The Bertz CT molecular complexity index is 591. The standard InChI is InChI=1S/C10H7Cl2FN4O/c1-4-14-9(17-16-4)10(18)15-5-2-6(11)8(13)7(12)3-5/h2-3H,1H3,(H,15,18)(H,14,16,17). The van der Waals surface area contributed by atoms with Crippen molar-refractivity contribution < 1.29 is 9.18 Å². The van der Waals surface area contributed by atoms with Crippen molar-refractivity contribution in [2.45, 2.75) is 6.92 Å². The molecule has 0 aliphatic carbocycles. The molecule has 0 fully saturated rings. The molecule has 0 atom stereocenters. The zero-order valence-electron chi connectivity index (χ0n) is 9.09. The lowest BCUT2D eigenvalue weighted by Gasteiger charge is -2.05. The van der Waals surface area contributed by atoms with Crippen molar-refractivity contribution in [3.63, 3.8) is 0 Å². The lowest BCUT2D eigenvalue weighted by molar-refractivity contribution is 0.101. The van der Waals surface area contributed by atoms with Gasteiger partial charge in [0.1, 0.15) is 5.82 Å². The molecule has 0 aliphatic rings. The van der Waals surface area contributed by atoms with Crippen LogP contribution in [0.3, 0.4) is 0 Å². The molecule has 5 nitrogen and oxygen atoms in total. The molecule has 18 heavy (non-hydrogen) atoms. The predicted octanol–water partition coefficient (Wildman–Crippen LogP) is 2.81. The van der Waals surface area contributed by atoms with Gasteiger partial charge in [-0.25, -0.2) is 9.37 Å². The van der Waals surface area contributed by atoms with Crippen LogP contribution in [-0.4, -0.2) is 21.1 Å². The Morgan fingerprint density at radius 3 is 2.50 bits per heavy atom. The van der Waals surface area contributed by atoms with Crippen LogP contribution in [0, 0.1) is 12.7 Å². The van der Waals surface area contributed by atoms with E-state index < -0.39 is 11.7 Å². The Balaban J connectivity index is 2.22. The lowest BCUT2D eigenvalue weighted by atomic mass is 10.3. The number of benzene rings is 1. The van der Waals surface area contributed by atoms with Crippen LogP contribution in [0.1, 0.15) is 16.4 Å². The van der Waals surface area contributed by atoms with Crippen molar-refractivity contribution in [3.8, 4) is 0 Å². The van der Waals surface area contributed by atoms with Gasteiger partial charge in [-0.2, -0.15) is 0 Å². The SMILES string of the molecule is Cc1nc(C(=O)Nc2cc(Cl)c(F)c(Cl)c2)n[nH]1. The molecule has 2 aromatic rings. The van der Waals surface area contributed by atoms with Gasteiger partial charge in [0.25, 0.3) is 5.91 Å². The van der Waals surface area contributed by atoms with Gasteiger partial charge in [-0.1, -0.05) is 23.2 Å². The number of H-pyrrole nitrogens is 1. The van der Waals surface area contributed by atoms with E-state index in [2.05, 4.69) is 20.5 Å². The Hall–Kier alpha value is -1.66. The third kappa shape index (κ3) is 2.60. The summed E-state index contributed by atoms with van der Waals surface area (Å²) >= 11 is 11.2. The first kappa shape index (κ1) is 12.8. The molecule has 2 N–H and O–H groups in total. The number of amides is 1. The first-order chi connectivity index (χ1) is 8.47. The molecule has 0 radical (unpaired) electrons. The van der Waals surface area contributed by atoms with E-state index >= 15 is 0 Å². The maximum atomic E-state index is 13.2. The number of aromatic amines is 1. The number of carbonyl (C=O) groups excluding carboxylic acids is 1. The Morgan fingerprint density at radius 2 is 2.00 bits per heavy atom. The fourth-order valence-electron chi connectivity index (χ4n) is 1.26. The zero-order chi connectivity index (χ0) is 13.3. The van der Waals surface area contributed by atoms with Crippen LogP contribution in [0.4, 0.5) is 10.1 Å². The van der Waals surface area contributed by atoms with E-state index in [0.717, 1.165) is 0 Å². The molecular weight excluding hydrogens is 282 g/mol. The highest BCUT2D eigenvalue weighted by Gasteiger charge is 2.13. The van der Waals surface area contributed by atoms with Gasteiger partial charge in [0.05, 0.1) is 10.0 Å². The minimum absolute atomic E-state index is 0.0240. The van der Waals surface area contributed by atoms with E-state index in [-0.39, 0.29) is 21.6 Å². The molecule has 0 saturated heterocycles. The summed E-state index contributed by atoms with van der Waals surface area (Å²) in [5.41, 5.74) is 0.263. The second kappa shape index (κ2) is 4.91. The maximum absolute atomic E-state index is 13.2. The molecule has 8 heteroatoms. The topological polar surface area (TPSA) is 70.7 Å². The predicted molar refractivity (Wildman–Crippen MR) is 65.5 cm³/mol. The van der Waals surface area contributed by atoms with Crippen molar-refractivity contribution >= 4 is 34.8 Å². The number of anilines is 1. The summed E-state index contributed by atoms with van der Waals surface area (Å²) in [6.07, 6.45) is 0. The smallest absolute Gasteiger partial charge is 0.295 e. The highest BCUT2D eigenvalue weighted by atomic mass is 35.5. The monoisotopic (exact) mass is 288 g/mol. The van der Waals surface area contributed by atoms with Gasteiger partial charge in [-0.15, -0.1) is 5.10 Å². The molecule has 0 spiro atoms. The Kier molecular flexibility index (Phi) is 3.49. The summed E-state index contributed by atoms with van der Waals surface area (Å²) in [5, 5.41) is 8.33. The van der Waals surface area contributed by atoms with Gasteiger partial charge in [0.15, 0.2) is 5.82 Å². The number of aromatic nitrogens is 3. The molecule has 0 saturated carbocycles. The van der Waals surface area contributed by atoms with Gasteiger partial charge in [0.2, 0.25) is 5.82 Å². The first-order valence-corrected chi connectivity index (χ1v) is 5.58. The largest absolute Gasteiger partial charge is 0.319 e. The third-order valence-electron chi connectivity index (χ3n) is 2.04. The van der Waals surface area contributed by atoms with Crippen molar-refractivity contribution in [2.24, 2.45) is 0 Å². The Labute approximate surface area is 111 Å². The Morgan fingerprint density at radius 1 is 1.39 bits per heavy atom. The van der Waals surface area contributed by atoms with Gasteiger partial charge < -0.3 is 5.32 Å². The molecule has 94 valence electrons. The highest BCUT2D eigenvalue weighted by molar-refractivity contribution is 6.35. The van der Waals surface area contributed by atoms with E-state index in [1.165, 1.54) is 12.1 Å². The minimum atomic E-state index is -0.731. The summed E-state index contributed by atoms with van der Waals surface area (Å²) in [4.78, 5) is 15.5. The number of hydrogen-bond acceptors (Lipinski definition) is 3. The maximum Gasteiger partial charge on any atom is 0.295 e. The second-order valence-electron chi connectivity index (χ2n) is 3.45. The number of nitrogens with zero attached hydrogens (tertiary/aromatic N) is 2. The summed E-state index contributed by atoms with van der Waals surface area (Å²) < 4.78 is 13.2. The molecule has 0 bridgehead atoms. The van der Waals surface area contributed by atoms with Crippen LogP contribution < -0.4 is 5.32 Å². The van der Waals surface area contributed by atoms with Crippen LogP contribution in [0.2, 0.25) is 10.0 Å². The highest BCUT2D eigenvalue weighted by Crippen LogP contribution is 2.27. The number of aryl methyl sites for hydroxylation is 1. The molecular formula is C10H7Cl2FN4O. The minimum Gasteiger partial charge on any atom is -0.319 e. The van der Waals surface area contributed by atoms with E-state index in [4.69, 9.17) is 23.2 Å². The molecule has 1 aromatic heterocycles. The molecule has 2 rings (SSSR count). The average Bonchev–Trinajstić information content (AvgIpc) is 2.72. The fraction of sp³-hybridized carbons (Fsp3) is 0.100.